The Hall–Kier alpha value is -2.70. The highest BCUT2D eigenvalue weighted by atomic mass is 32.1. The molecule has 25 heavy (non-hydrogen) atoms. The fourth-order valence-electron chi connectivity index (χ4n) is 2.46. The van der Waals surface area contributed by atoms with E-state index in [1.54, 1.807) is 12.1 Å². The van der Waals surface area contributed by atoms with Crippen LogP contribution in [0.4, 0.5) is 5.69 Å². The van der Waals surface area contributed by atoms with Gasteiger partial charge in [0.05, 0.1) is 6.10 Å². The molecule has 1 atom stereocenters. The quantitative estimate of drug-likeness (QED) is 0.630. The first kappa shape index (κ1) is 17.1. The maximum atomic E-state index is 11.9. The number of carbonyl (C=O) groups excluding carboxylic acids is 2. The van der Waals surface area contributed by atoms with Crippen LogP contribution in [-0.2, 0) is 9.59 Å². The first-order valence-electron chi connectivity index (χ1n) is 7.84. The van der Waals surface area contributed by atoms with Crippen molar-refractivity contribution in [3.05, 3.63) is 65.0 Å². The molecule has 0 radical (unpaired) electrons. The van der Waals surface area contributed by atoms with Crippen molar-refractivity contribution < 1.29 is 14.7 Å². The zero-order chi connectivity index (χ0) is 17.8. The lowest BCUT2D eigenvalue weighted by molar-refractivity contribution is -0.136. The van der Waals surface area contributed by atoms with Crippen LogP contribution in [0.25, 0.3) is 10.1 Å². The number of hydrogen-bond donors (Lipinski definition) is 3. The minimum Gasteiger partial charge on any atom is -0.387 e. The lowest BCUT2D eigenvalue weighted by Crippen LogP contribution is -2.37. The number of anilines is 1. The number of hydrogen-bond acceptors (Lipinski definition) is 4. The highest BCUT2D eigenvalue weighted by Crippen LogP contribution is 2.29. The smallest absolute Gasteiger partial charge is 0.313 e. The van der Waals surface area contributed by atoms with E-state index in [4.69, 9.17) is 0 Å². The molecule has 3 rings (SSSR count). The van der Waals surface area contributed by atoms with Gasteiger partial charge >= 0.3 is 11.8 Å². The van der Waals surface area contributed by atoms with E-state index in [-0.39, 0.29) is 6.54 Å². The van der Waals surface area contributed by atoms with Crippen molar-refractivity contribution in [2.45, 2.75) is 13.0 Å². The molecule has 0 aliphatic heterocycles. The van der Waals surface area contributed by atoms with Crippen molar-refractivity contribution in [2.75, 3.05) is 11.9 Å². The minimum atomic E-state index is -0.868. The molecule has 0 fully saturated rings. The summed E-state index contributed by atoms with van der Waals surface area (Å²) in [6, 6.07) is 14.9. The molecule has 1 heterocycles. The van der Waals surface area contributed by atoms with Crippen LogP contribution in [0.3, 0.4) is 0 Å². The van der Waals surface area contributed by atoms with E-state index < -0.39 is 17.9 Å². The Labute approximate surface area is 149 Å². The summed E-state index contributed by atoms with van der Waals surface area (Å²) in [5, 5.41) is 18.1. The Kier molecular flexibility index (Phi) is 5.11. The molecule has 0 aliphatic carbocycles. The fraction of sp³-hybridized carbons (Fsp3) is 0.158. The summed E-state index contributed by atoms with van der Waals surface area (Å²) >= 11 is 1.53. The van der Waals surface area contributed by atoms with Gasteiger partial charge in [0, 0.05) is 22.5 Å². The number of fused-ring (bicyclic) bond motifs is 1. The molecule has 1 unspecified atom stereocenters. The van der Waals surface area contributed by atoms with Crippen molar-refractivity contribution in [1.29, 1.82) is 0 Å². The van der Waals surface area contributed by atoms with Crippen LogP contribution in [0.5, 0.6) is 0 Å². The van der Waals surface area contributed by atoms with E-state index >= 15 is 0 Å². The van der Waals surface area contributed by atoms with Gasteiger partial charge in [0.25, 0.3) is 0 Å². The van der Waals surface area contributed by atoms with Gasteiger partial charge in [0.2, 0.25) is 0 Å². The molecule has 1 aromatic heterocycles. The number of amides is 2. The Bertz CT molecular complexity index is 902. The summed E-state index contributed by atoms with van der Waals surface area (Å²) in [7, 11) is 0. The predicted molar refractivity (Wildman–Crippen MR) is 99.6 cm³/mol. The largest absolute Gasteiger partial charge is 0.387 e. The Morgan fingerprint density at radius 1 is 1.08 bits per heavy atom. The third kappa shape index (κ3) is 4.04. The zero-order valence-electron chi connectivity index (χ0n) is 13.7. The van der Waals surface area contributed by atoms with Gasteiger partial charge in [-0.25, -0.2) is 0 Å². The van der Waals surface area contributed by atoms with E-state index in [9.17, 15) is 14.7 Å². The maximum Gasteiger partial charge on any atom is 0.313 e. The molecule has 0 saturated heterocycles. The fourth-order valence-corrected chi connectivity index (χ4v) is 3.47. The summed E-state index contributed by atoms with van der Waals surface area (Å²) in [6.45, 7) is 1.91. The molecule has 3 N–H and O–H groups in total. The number of aliphatic hydroxyl groups excluding tert-OH is 1. The number of nitrogens with one attached hydrogen (secondary N) is 2. The lowest BCUT2D eigenvalue weighted by Gasteiger charge is -2.11. The van der Waals surface area contributed by atoms with Gasteiger partial charge in [-0.3, -0.25) is 9.59 Å². The number of benzene rings is 2. The molecular weight excluding hydrogens is 336 g/mol. The second-order valence-corrected chi connectivity index (χ2v) is 6.64. The molecule has 5 nitrogen and oxygen atoms in total. The van der Waals surface area contributed by atoms with Gasteiger partial charge < -0.3 is 15.7 Å². The highest BCUT2D eigenvalue weighted by molar-refractivity contribution is 7.17. The van der Waals surface area contributed by atoms with E-state index in [2.05, 4.69) is 10.6 Å². The molecule has 0 saturated carbocycles. The normalized spacial score (nSPS) is 11.9. The summed E-state index contributed by atoms with van der Waals surface area (Å²) in [5.74, 6) is -1.54. The van der Waals surface area contributed by atoms with Gasteiger partial charge in [-0.1, -0.05) is 35.9 Å². The van der Waals surface area contributed by atoms with Crippen molar-refractivity contribution >= 4 is 38.9 Å². The van der Waals surface area contributed by atoms with E-state index in [1.807, 2.05) is 48.7 Å². The monoisotopic (exact) mass is 354 g/mol. The van der Waals surface area contributed by atoms with Crippen LogP contribution in [0, 0.1) is 6.92 Å². The minimum absolute atomic E-state index is 0.0269. The van der Waals surface area contributed by atoms with Gasteiger partial charge in [-0.05, 0) is 35.9 Å². The summed E-state index contributed by atoms with van der Waals surface area (Å²) in [4.78, 5) is 23.8. The van der Waals surface area contributed by atoms with E-state index in [0.29, 0.717) is 5.69 Å². The van der Waals surface area contributed by atoms with Crippen molar-refractivity contribution in [3.8, 4) is 0 Å². The Balaban J connectivity index is 1.57. The van der Waals surface area contributed by atoms with Crippen LogP contribution in [0.2, 0.25) is 0 Å². The van der Waals surface area contributed by atoms with Crippen LogP contribution in [0.15, 0.2) is 53.9 Å². The summed E-state index contributed by atoms with van der Waals surface area (Å²) < 4.78 is 1.07. The highest BCUT2D eigenvalue weighted by Gasteiger charge is 2.18. The third-order valence-electron chi connectivity index (χ3n) is 3.84. The molecular formula is C19H18N2O3S. The zero-order valence-corrected chi connectivity index (χ0v) is 14.5. The molecule has 6 heteroatoms. The average molecular weight is 354 g/mol. The molecule has 2 aromatic carbocycles. The SMILES string of the molecule is Cc1ccc(NC(=O)C(=O)NCC(O)c2csc3ccccc23)cc1. The molecule has 0 bridgehead atoms. The summed E-state index contributed by atoms with van der Waals surface area (Å²) in [6.07, 6.45) is -0.868. The number of aliphatic hydroxyl groups is 1. The molecule has 128 valence electrons. The standard InChI is InChI=1S/C19H18N2O3S/c1-12-6-8-13(9-7-12)21-19(24)18(23)20-10-16(22)15-11-25-17-5-3-2-4-14(15)17/h2-9,11,16,22H,10H2,1H3,(H,20,23)(H,21,24). The van der Waals surface area contributed by atoms with Crippen molar-refractivity contribution in [3.63, 3.8) is 0 Å². The van der Waals surface area contributed by atoms with Gasteiger partial charge in [0.15, 0.2) is 0 Å². The van der Waals surface area contributed by atoms with Gasteiger partial charge in [-0.15, -0.1) is 11.3 Å². The number of rotatable bonds is 4. The number of aryl methyl sites for hydroxylation is 1. The van der Waals surface area contributed by atoms with Gasteiger partial charge in [-0.2, -0.15) is 0 Å². The molecule has 3 aromatic rings. The lowest BCUT2D eigenvalue weighted by atomic mass is 10.1. The molecule has 2 amide bonds. The van der Waals surface area contributed by atoms with E-state index in [1.165, 1.54) is 11.3 Å². The molecule has 0 aliphatic rings. The average Bonchev–Trinajstić information content (AvgIpc) is 3.05. The van der Waals surface area contributed by atoms with Crippen LogP contribution in [0.1, 0.15) is 17.2 Å². The van der Waals surface area contributed by atoms with Crippen molar-refractivity contribution in [2.24, 2.45) is 0 Å². The van der Waals surface area contributed by atoms with Gasteiger partial charge in [0.1, 0.15) is 0 Å². The Morgan fingerprint density at radius 3 is 2.56 bits per heavy atom. The topological polar surface area (TPSA) is 78.4 Å². The van der Waals surface area contributed by atoms with E-state index in [0.717, 1.165) is 21.2 Å². The maximum absolute atomic E-state index is 11.9. The second kappa shape index (κ2) is 7.46. The van der Waals surface area contributed by atoms with Crippen LogP contribution >= 0.6 is 11.3 Å². The predicted octanol–water partition coefficient (Wildman–Crippen LogP) is 3.00. The second-order valence-electron chi connectivity index (χ2n) is 5.73. The van der Waals surface area contributed by atoms with Crippen LogP contribution < -0.4 is 10.6 Å². The number of thiophene rings is 1. The first-order chi connectivity index (χ1) is 12.0. The van der Waals surface area contributed by atoms with Crippen LogP contribution in [-0.4, -0.2) is 23.5 Å². The number of carbonyl (C=O) groups is 2. The Morgan fingerprint density at radius 2 is 1.80 bits per heavy atom. The molecule has 0 spiro atoms. The summed E-state index contributed by atoms with van der Waals surface area (Å²) in [5.41, 5.74) is 2.36. The first-order valence-corrected chi connectivity index (χ1v) is 8.72. The third-order valence-corrected chi connectivity index (χ3v) is 4.82. The van der Waals surface area contributed by atoms with Crippen molar-refractivity contribution in [1.82, 2.24) is 5.32 Å².